The van der Waals surface area contributed by atoms with E-state index >= 15 is 0 Å². The molecule has 0 aliphatic carbocycles. The highest BCUT2D eigenvalue weighted by atomic mass is 32.1. The Morgan fingerprint density at radius 2 is 1.93 bits per heavy atom. The molecule has 6 heteroatoms. The van der Waals surface area contributed by atoms with E-state index in [1.54, 1.807) is 11.3 Å². The Kier molecular flexibility index (Phi) is 6.41. The molecular weight excluding hydrogens is 372 g/mol. The quantitative estimate of drug-likeness (QED) is 0.606. The maximum Gasteiger partial charge on any atom is 0.306 e. The normalized spacial score (nSPS) is 12.0. The minimum absolute atomic E-state index is 0.145. The van der Waals surface area contributed by atoms with Crippen LogP contribution in [0.5, 0.6) is 0 Å². The molecule has 0 bridgehead atoms. The van der Waals surface area contributed by atoms with Gasteiger partial charge in [0.15, 0.2) is 6.61 Å². The van der Waals surface area contributed by atoms with E-state index in [4.69, 9.17) is 4.74 Å². The third-order valence-electron chi connectivity index (χ3n) is 4.65. The lowest BCUT2D eigenvalue weighted by atomic mass is 10.0. The van der Waals surface area contributed by atoms with Crippen LogP contribution < -0.4 is 5.32 Å². The Morgan fingerprint density at radius 1 is 1.14 bits per heavy atom. The van der Waals surface area contributed by atoms with Gasteiger partial charge in [-0.3, -0.25) is 9.59 Å². The zero-order valence-electron chi connectivity index (χ0n) is 16.3. The molecule has 1 aromatic heterocycles. The number of aromatic nitrogens is 1. The number of carbonyl (C=O) groups excluding carboxylic acids is 2. The molecule has 0 saturated carbocycles. The summed E-state index contributed by atoms with van der Waals surface area (Å²) in [6.45, 7) is 5.74. The van der Waals surface area contributed by atoms with Gasteiger partial charge in [0, 0.05) is 6.42 Å². The van der Waals surface area contributed by atoms with E-state index in [-0.39, 0.29) is 25.0 Å². The minimum Gasteiger partial charge on any atom is -0.456 e. The number of carbonyl (C=O) groups is 2. The molecule has 1 amide bonds. The fourth-order valence-electron chi connectivity index (χ4n) is 2.85. The fourth-order valence-corrected chi connectivity index (χ4v) is 3.82. The number of para-hydroxylation sites is 1. The van der Waals surface area contributed by atoms with E-state index in [2.05, 4.69) is 23.3 Å². The molecule has 0 radical (unpaired) electrons. The second kappa shape index (κ2) is 8.97. The number of benzene rings is 2. The lowest BCUT2D eigenvalue weighted by molar-refractivity contribution is -0.148. The van der Waals surface area contributed by atoms with Gasteiger partial charge >= 0.3 is 5.97 Å². The second-order valence-corrected chi connectivity index (χ2v) is 7.98. The Bertz CT molecular complexity index is 963. The van der Waals surface area contributed by atoms with Crippen molar-refractivity contribution < 1.29 is 14.3 Å². The Hall–Kier alpha value is -2.73. The van der Waals surface area contributed by atoms with Crippen molar-refractivity contribution in [3.63, 3.8) is 0 Å². The van der Waals surface area contributed by atoms with E-state index in [1.807, 2.05) is 50.2 Å². The van der Waals surface area contributed by atoms with Gasteiger partial charge in [0.1, 0.15) is 0 Å². The highest BCUT2D eigenvalue weighted by Crippen LogP contribution is 2.22. The minimum atomic E-state index is -0.395. The van der Waals surface area contributed by atoms with Gasteiger partial charge in [0.2, 0.25) is 0 Å². The van der Waals surface area contributed by atoms with Crippen molar-refractivity contribution in [2.24, 2.45) is 0 Å². The third kappa shape index (κ3) is 5.16. The third-order valence-corrected chi connectivity index (χ3v) is 5.75. The molecule has 28 heavy (non-hydrogen) atoms. The molecule has 3 aromatic rings. The number of thiazole rings is 1. The number of ether oxygens (including phenoxy) is 1. The van der Waals surface area contributed by atoms with E-state index in [0.29, 0.717) is 6.42 Å². The molecule has 0 spiro atoms. The first-order valence-corrected chi connectivity index (χ1v) is 10.1. The summed E-state index contributed by atoms with van der Waals surface area (Å²) < 4.78 is 6.21. The molecule has 0 aliphatic heterocycles. The van der Waals surface area contributed by atoms with E-state index in [9.17, 15) is 9.59 Å². The number of nitrogens with zero attached hydrogens (tertiary/aromatic N) is 1. The summed E-state index contributed by atoms with van der Waals surface area (Å²) >= 11 is 1.57. The molecule has 5 nitrogen and oxygen atoms in total. The Balaban J connectivity index is 1.43. The Morgan fingerprint density at radius 3 is 2.68 bits per heavy atom. The van der Waals surface area contributed by atoms with Crippen molar-refractivity contribution in [1.82, 2.24) is 10.3 Å². The number of rotatable bonds is 7. The van der Waals surface area contributed by atoms with Crippen molar-refractivity contribution in [2.45, 2.75) is 39.7 Å². The van der Waals surface area contributed by atoms with E-state index in [1.165, 1.54) is 11.1 Å². The fraction of sp³-hybridized carbons (Fsp3) is 0.318. The highest BCUT2D eigenvalue weighted by Gasteiger charge is 2.13. The zero-order chi connectivity index (χ0) is 20.1. The molecule has 2 aromatic carbocycles. The van der Waals surface area contributed by atoms with Crippen LogP contribution in [0.25, 0.3) is 10.2 Å². The molecule has 1 N–H and O–H groups in total. The van der Waals surface area contributed by atoms with Crippen molar-refractivity contribution >= 4 is 33.4 Å². The van der Waals surface area contributed by atoms with Crippen LogP contribution in [0.3, 0.4) is 0 Å². The predicted octanol–water partition coefficient (Wildman–Crippen LogP) is 4.27. The second-order valence-electron chi connectivity index (χ2n) is 6.87. The summed E-state index contributed by atoms with van der Waals surface area (Å²) in [5.74, 6) is -0.702. The number of esters is 1. The van der Waals surface area contributed by atoms with Crippen molar-refractivity contribution in [3.8, 4) is 0 Å². The average Bonchev–Trinajstić information content (AvgIpc) is 3.09. The molecule has 0 saturated heterocycles. The van der Waals surface area contributed by atoms with Crippen LogP contribution in [-0.2, 0) is 20.7 Å². The van der Waals surface area contributed by atoms with E-state index in [0.717, 1.165) is 20.8 Å². The van der Waals surface area contributed by atoms with Gasteiger partial charge in [0.05, 0.1) is 27.7 Å². The maximum absolute atomic E-state index is 12.1. The maximum atomic E-state index is 12.1. The highest BCUT2D eigenvalue weighted by molar-refractivity contribution is 7.18. The summed E-state index contributed by atoms with van der Waals surface area (Å²) in [5, 5.41) is 3.76. The monoisotopic (exact) mass is 396 g/mol. The summed E-state index contributed by atoms with van der Waals surface area (Å²) in [5.41, 5.74) is 4.36. The number of hydrogen-bond acceptors (Lipinski definition) is 5. The topological polar surface area (TPSA) is 68.3 Å². The number of aryl methyl sites for hydroxylation is 3. The SMILES string of the molecule is Cc1ccc(C(C)NC(=O)COC(=O)CCc2nc3ccccc3s2)cc1C. The first kappa shape index (κ1) is 20.0. The number of hydrogen-bond donors (Lipinski definition) is 1. The lowest BCUT2D eigenvalue weighted by Gasteiger charge is -2.15. The van der Waals surface area contributed by atoms with Gasteiger partial charge in [-0.05, 0) is 49.6 Å². The van der Waals surface area contributed by atoms with Gasteiger partial charge in [-0.1, -0.05) is 30.3 Å². The van der Waals surface area contributed by atoms with Crippen LogP contribution in [0.1, 0.15) is 41.1 Å². The van der Waals surface area contributed by atoms with Crippen LogP contribution in [0, 0.1) is 13.8 Å². The molecule has 3 rings (SSSR count). The molecule has 1 heterocycles. The van der Waals surface area contributed by atoms with E-state index < -0.39 is 5.97 Å². The van der Waals surface area contributed by atoms with Gasteiger partial charge in [-0.2, -0.15) is 0 Å². The van der Waals surface area contributed by atoms with Crippen LogP contribution in [-0.4, -0.2) is 23.5 Å². The van der Waals surface area contributed by atoms with Crippen molar-refractivity contribution in [3.05, 3.63) is 64.2 Å². The molecule has 1 atom stereocenters. The van der Waals surface area contributed by atoms with Crippen LogP contribution in [0.15, 0.2) is 42.5 Å². The van der Waals surface area contributed by atoms with Gasteiger partial charge in [-0.25, -0.2) is 4.98 Å². The zero-order valence-corrected chi connectivity index (χ0v) is 17.1. The van der Waals surface area contributed by atoms with Crippen molar-refractivity contribution in [2.75, 3.05) is 6.61 Å². The summed E-state index contributed by atoms with van der Waals surface area (Å²) in [7, 11) is 0. The molecular formula is C22H24N2O3S. The van der Waals surface area contributed by atoms with Crippen molar-refractivity contribution in [1.29, 1.82) is 0 Å². The summed E-state index contributed by atoms with van der Waals surface area (Å²) in [4.78, 5) is 28.5. The van der Waals surface area contributed by atoms with Crippen LogP contribution in [0.4, 0.5) is 0 Å². The first-order valence-electron chi connectivity index (χ1n) is 9.29. The largest absolute Gasteiger partial charge is 0.456 e. The standard InChI is InChI=1S/C22H24N2O3S/c1-14-8-9-17(12-15(14)2)16(3)23-20(25)13-27-22(26)11-10-21-24-18-6-4-5-7-19(18)28-21/h4-9,12,16H,10-11,13H2,1-3H3,(H,23,25). The molecule has 146 valence electrons. The number of fused-ring (bicyclic) bond motifs is 1. The van der Waals surface area contributed by atoms with Gasteiger partial charge in [0.25, 0.3) is 5.91 Å². The molecule has 1 unspecified atom stereocenters. The van der Waals surface area contributed by atoms with Gasteiger partial charge < -0.3 is 10.1 Å². The number of amides is 1. The summed E-state index contributed by atoms with van der Waals surface area (Å²) in [6, 6.07) is 13.8. The molecule has 0 fully saturated rings. The number of nitrogens with one attached hydrogen (secondary N) is 1. The first-order chi connectivity index (χ1) is 13.4. The van der Waals surface area contributed by atoms with Crippen LogP contribution >= 0.6 is 11.3 Å². The average molecular weight is 397 g/mol. The Labute approximate surface area is 168 Å². The molecule has 0 aliphatic rings. The predicted molar refractivity (Wildman–Crippen MR) is 111 cm³/mol. The smallest absolute Gasteiger partial charge is 0.306 e. The summed E-state index contributed by atoms with van der Waals surface area (Å²) in [6.07, 6.45) is 0.721. The van der Waals surface area contributed by atoms with Gasteiger partial charge in [-0.15, -0.1) is 11.3 Å². The lowest BCUT2D eigenvalue weighted by Crippen LogP contribution is -2.31. The van der Waals surface area contributed by atoms with Crippen LogP contribution in [0.2, 0.25) is 0 Å².